The van der Waals surface area contributed by atoms with Crippen molar-refractivity contribution in [3.8, 4) is 0 Å². The molecule has 31 heavy (non-hydrogen) atoms. The van der Waals surface area contributed by atoms with Crippen molar-refractivity contribution in [2.75, 3.05) is 19.4 Å². The predicted octanol–water partition coefficient (Wildman–Crippen LogP) is 2.75. The van der Waals surface area contributed by atoms with Crippen LogP contribution in [0.25, 0.3) is 11.0 Å². The molecule has 1 saturated heterocycles. The number of para-hydroxylation sites is 2. The fourth-order valence-corrected chi connectivity index (χ4v) is 6.14. The van der Waals surface area contributed by atoms with Gasteiger partial charge in [-0.3, -0.25) is 4.90 Å². The minimum Gasteiger partial charge on any atom is -0.376 e. The molecule has 1 aliphatic carbocycles. The highest BCUT2D eigenvalue weighted by Gasteiger charge is 2.33. The van der Waals surface area contributed by atoms with Crippen molar-refractivity contribution in [2.24, 2.45) is 5.92 Å². The van der Waals surface area contributed by atoms with E-state index < -0.39 is 9.84 Å². The van der Waals surface area contributed by atoms with Gasteiger partial charge >= 0.3 is 0 Å². The van der Waals surface area contributed by atoms with Crippen molar-refractivity contribution in [3.63, 3.8) is 0 Å². The standard InChI is InChI=1S/C22H29N5O3S/c1-26(14-21-24-19-6-2-3-7-20(19)25-21)12-17-11-23-22(31(28,29)15-16-8-9-16)27(17)13-18-5-4-10-30-18/h2-3,6-7,11,16,18H,4-5,8-10,12-15H2,1H3,(H,24,25). The number of hydrogen-bond donors (Lipinski definition) is 1. The Labute approximate surface area is 182 Å². The average Bonchev–Trinajstić information content (AvgIpc) is 3.10. The number of aromatic nitrogens is 4. The van der Waals surface area contributed by atoms with Gasteiger partial charge in [0.1, 0.15) is 5.82 Å². The fourth-order valence-electron chi connectivity index (χ4n) is 4.29. The van der Waals surface area contributed by atoms with Crippen LogP contribution in [0.4, 0.5) is 0 Å². The second kappa shape index (κ2) is 8.37. The summed E-state index contributed by atoms with van der Waals surface area (Å²) in [5, 5.41) is 0.196. The maximum atomic E-state index is 13.0. The average molecular weight is 444 g/mol. The van der Waals surface area contributed by atoms with Gasteiger partial charge in [0.2, 0.25) is 15.0 Å². The van der Waals surface area contributed by atoms with Crippen LogP contribution in [0.15, 0.2) is 35.6 Å². The van der Waals surface area contributed by atoms with E-state index in [-0.39, 0.29) is 22.9 Å². The summed E-state index contributed by atoms with van der Waals surface area (Å²) in [6.07, 6.45) is 5.73. The van der Waals surface area contributed by atoms with E-state index in [1.165, 1.54) is 0 Å². The molecule has 0 bridgehead atoms. The molecule has 1 N–H and O–H groups in total. The Morgan fingerprint density at radius 1 is 1.23 bits per heavy atom. The Morgan fingerprint density at radius 3 is 2.81 bits per heavy atom. The van der Waals surface area contributed by atoms with Gasteiger partial charge in [0.15, 0.2) is 0 Å². The molecule has 2 aliphatic rings. The van der Waals surface area contributed by atoms with Gasteiger partial charge in [-0.2, -0.15) is 0 Å². The summed E-state index contributed by atoms with van der Waals surface area (Å²) in [5.74, 6) is 1.37. The summed E-state index contributed by atoms with van der Waals surface area (Å²) in [6.45, 7) is 2.48. The van der Waals surface area contributed by atoms with Crippen molar-refractivity contribution in [3.05, 3.63) is 42.0 Å². The van der Waals surface area contributed by atoms with E-state index in [4.69, 9.17) is 4.74 Å². The first-order chi connectivity index (χ1) is 15.0. The van der Waals surface area contributed by atoms with Crippen LogP contribution in [-0.4, -0.2) is 58.3 Å². The highest BCUT2D eigenvalue weighted by Crippen LogP contribution is 2.32. The van der Waals surface area contributed by atoms with E-state index in [9.17, 15) is 8.42 Å². The Balaban J connectivity index is 1.36. The van der Waals surface area contributed by atoms with E-state index in [1.807, 2.05) is 35.9 Å². The molecule has 166 valence electrons. The number of benzene rings is 1. The zero-order chi connectivity index (χ0) is 21.4. The van der Waals surface area contributed by atoms with Gasteiger partial charge < -0.3 is 14.3 Å². The molecule has 1 aliphatic heterocycles. The lowest BCUT2D eigenvalue weighted by molar-refractivity contribution is 0.0934. The Kier molecular flexibility index (Phi) is 5.58. The van der Waals surface area contributed by atoms with Crippen molar-refractivity contribution in [1.82, 2.24) is 24.4 Å². The number of rotatable bonds is 9. The number of nitrogens with one attached hydrogen (secondary N) is 1. The minimum absolute atomic E-state index is 0.0449. The Hall–Kier alpha value is -2.23. The first-order valence-electron chi connectivity index (χ1n) is 11.0. The van der Waals surface area contributed by atoms with Gasteiger partial charge in [-0.05, 0) is 50.8 Å². The topological polar surface area (TPSA) is 93.1 Å². The molecule has 0 spiro atoms. The van der Waals surface area contributed by atoms with Gasteiger partial charge in [0.05, 0.1) is 47.9 Å². The van der Waals surface area contributed by atoms with Gasteiger partial charge in [-0.15, -0.1) is 0 Å². The van der Waals surface area contributed by atoms with Crippen molar-refractivity contribution in [1.29, 1.82) is 0 Å². The summed E-state index contributed by atoms with van der Waals surface area (Å²) in [6, 6.07) is 7.97. The van der Waals surface area contributed by atoms with Crippen LogP contribution < -0.4 is 0 Å². The molecule has 5 rings (SSSR count). The lowest BCUT2D eigenvalue weighted by atomic mass is 10.2. The second-order valence-electron chi connectivity index (χ2n) is 8.88. The molecular weight excluding hydrogens is 414 g/mol. The zero-order valence-electron chi connectivity index (χ0n) is 17.8. The third-order valence-electron chi connectivity index (χ3n) is 6.03. The van der Waals surface area contributed by atoms with Crippen LogP contribution in [0, 0.1) is 5.92 Å². The second-order valence-corrected chi connectivity index (χ2v) is 10.8. The van der Waals surface area contributed by atoms with E-state index >= 15 is 0 Å². The number of ether oxygens (including phenoxy) is 1. The van der Waals surface area contributed by atoms with Crippen LogP contribution in [0.5, 0.6) is 0 Å². The summed E-state index contributed by atoms with van der Waals surface area (Å²) in [7, 11) is -1.39. The molecule has 8 nitrogen and oxygen atoms in total. The number of imidazole rings is 2. The largest absolute Gasteiger partial charge is 0.376 e. The summed E-state index contributed by atoms with van der Waals surface area (Å²) in [5.41, 5.74) is 2.86. The summed E-state index contributed by atoms with van der Waals surface area (Å²) in [4.78, 5) is 14.5. The molecule has 1 unspecified atom stereocenters. The van der Waals surface area contributed by atoms with E-state index in [2.05, 4.69) is 19.9 Å². The van der Waals surface area contributed by atoms with Gasteiger partial charge in [0.25, 0.3) is 0 Å². The molecule has 2 aromatic heterocycles. The number of hydrogen-bond acceptors (Lipinski definition) is 6. The van der Waals surface area contributed by atoms with Gasteiger partial charge in [-0.25, -0.2) is 18.4 Å². The number of aromatic amines is 1. The number of H-pyrrole nitrogens is 1. The first kappa shape index (κ1) is 20.7. The Morgan fingerprint density at radius 2 is 2.06 bits per heavy atom. The van der Waals surface area contributed by atoms with Crippen molar-refractivity contribution in [2.45, 2.75) is 56.6 Å². The molecule has 1 atom stereocenters. The smallest absolute Gasteiger partial charge is 0.227 e. The van der Waals surface area contributed by atoms with E-state index in [1.54, 1.807) is 6.20 Å². The third kappa shape index (κ3) is 4.68. The zero-order valence-corrected chi connectivity index (χ0v) is 18.6. The van der Waals surface area contributed by atoms with E-state index in [0.717, 1.165) is 54.8 Å². The monoisotopic (exact) mass is 443 g/mol. The first-order valence-corrected chi connectivity index (χ1v) is 12.6. The third-order valence-corrected chi connectivity index (χ3v) is 7.82. The van der Waals surface area contributed by atoms with Crippen LogP contribution in [-0.2, 0) is 34.2 Å². The van der Waals surface area contributed by atoms with Gasteiger partial charge in [-0.1, -0.05) is 12.1 Å². The lowest BCUT2D eigenvalue weighted by Gasteiger charge is -2.19. The normalized spacial score (nSPS) is 19.6. The SMILES string of the molecule is CN(Cc1nc2ccccc2[nH]1)Cc1cnc(S(=O)(=O)CC2CC2)n1CC1CCCO1. The van der Waals surface area contributed by atoms with Crippen LogP contribution in [0.2, 0.25) is 0 Å². The fraction of sp³-hybridized carbons (Fsp3) is 0.545. The molecule has 9 heteroatoms. The Bertz CT molecular complexity index is 1130. The number of fused-ring (bicyclic) bond motifs is 1. The van der Waals surface area contributed by atoms with Gasteiger partial charge in [0, 0.05) is 13.2 Å². The van der Waals surface area contributed by atoms with Crippen LogP contribution in [0.1, 0.15) is 37.2 Å². The van der Waals surface area contributed by atoms with Crippen molar-refractivity contribution >= 4 is 20.9 Å². The molecule has 1 saturated carbocycles. The molecule has 0 amide bonds. The molecule has 1 aromatic carbocycles. The molecule has 3 heterocycles. The highest BCUT2D eigenvalue weighted by atomic mass is 32.2. The summed E-state index contributed by atoms with van der Waals surface area (Å²) < 4.78 is 33.7. The molecule has 0 radical (unpaired) electrons. The van der Waals surface area contributed by atoms with Crippen LogP contribution in [0.3, 0.4) is 0 Å². The predicted molar refractivity (Wildman–Crippen MR) is 117 cm³/mol. The number of sulfone groups is 1. The summed E-state index contributed by atoms with van der Waals surface area (Å²) >= 11 is 0. The lowest BCUT2D eigenvalue weighted by Crippen LogP contribution is -2.25. The quantitative estimate of drug-likeness (QED) is 0.547. The molecule has 2 fully saturated rings. The van der Waals surface area contributed by atoms with E-state index in [0.29, 0.717) is 19.6 Å². The maximum absolute atomic E-state index is 13.0. The minimum atomic E-state index is -3.40. The molecular formula is C22H29N5O3S. The van der Waals surface area contributed by atoms with Crippen molar-refractivity contribution < 1.29 is 13.2 Å². The highest BCUT2D eigenvalue weighted by molar-refractivity contribution is 7.91. The molecule has 3 aromatic rings. The number of nitrogens with zero attached hydrogens (tertiary/aromatic N) is 4. The maximum Gasteiger partial charge on any atom is 0.227 e. The van der Waals surface area contributed by atoms with Crippen LogP contribution >= 0.6 is 0 Å².